The van der Waals surface area contributed by atoms with E-state index in [1.807, 2.05) is 31.2 Å². The molecule has 0 bridgehead atoms. The number of aryl methyl sites for hydroxylation is 1. The number of carbonyl (C=O) groups excluding carboxylic acids is 1. The number of aliphatic carboxylic acids is 1. The Morgan fingerprint density at radius 3 is 2.60 bits per heavy atom. The molecule has 2 N–H and O–H groups in total. The number of carboxylic acid groups (broad SMARTS) is 1. The molecule has 1 aromatic rings. The second-order valence-electron chi connectivity index (χ2n) is 4.67. The van der Waals surface area contributed by atoms with Gasteiger partial charge in [0.25, 0.3) is 0 Å². The summed E-state index contributed by atoms with van der Waals surface area (Å²) in [6.45, 7) is 4.72. The van der Waals surface area contributed by atoms with Crippen LogP contribution >= 0.6 is 0 Å². The molecule has 20 heavy (non-hydrogen) atoms. The highest BCUT2D eigenvalue weighted by Crippen LogP contribution is 2.19. The minimum Gasteiger partial charge on any atom is -0.481 e. The molecule has 0 atom stereocenters. The van der Waals surface area contributed by atoms with Crippen LogP contribution in [0.15, 0.2) is 24.3 Å². The van der Waals surface area contributed by atoms with Gasteiger partial charge in [0.05, 0.1) is 6.42 Å². The maximum absolute atomic E-state index is 12.2. The first-order valence-electron chi connectivity index (χ1n) is 6.89. The number of carbonyl (C=O) groups is 2. The predicted molar refractivity (Wildman–Crippen MR) is 79.1 cm³/mol. The first-order valence-corrected chi connectivity index (χ1v) is 6.89. The Morgan fingerprint density at radius 2 is 2.00 bits per heavy atom. The van der Waals surface area contributed by atoms with E-state index in [-0.39, 0.29) is 19.0 Å². The summed E-state index contributed by atoms with van der Waals surface area (Å²) in [6, 6.07) is 7.23. The molecule has 0 aliphatic rings. The monoisotopic (exact) mass is 278 g/mol. The number of anilines is 1. The van der Waals surface area contributed by atoms with Crippen molar-refractivity contribution < 1.29 is 14.7 Å². The van der Waals surface area contributed by atoms with E-state index >= 15 is 0 Å². The quantitative estimate of drug-likeness (QED) is 0.753. The minimum atomic E-state index is -0.912. The van der Waals surface area contributed by atoms with Crippen molar-refractivity contribution in [3.63, 3.8) is 0 Å². The number of benzene rings is 1. The Hall–Kier alpha value is -2.04. The maximum atomic E-state index is 12.2. The van der Waals surface area contributed by atoms with Crippen LogP contribution in [-0.2, 0) is 4.79 Å². The van der Waals surface area contributed by atoms with Crippen molar-refractivity contribution in [2.24, 2.45) is 0 Å². The van der Waals surface area contributed by atoms with Crippen LogP contribution in [0.5, 0.6) is 0 Å². The third-order valence-corrected chi connectivity index (χ3v) is 3.01. The van der Waals surface area contributed by atoms with Crippen LogP contribution in [0.1, 0.15) is 31.7 Å². The summed E-state index contributed by atoms with van der Waals surface area (Å²) in [5.74, 6) is -0.912. The van der Waals surface area contributed by atoms with Crippen molar-refractivity contribution in [2.75, 3.05) is 18.0 Å². The van der Waals surface area contributed by atoms with Crippen LogP contribution in [-0.4, -0.2) is 30.2 Å². The van der Waals surface area contributed by atoms with Crippen molar-refractivity contribution >= 4 is 17.7 Å². The highest BCUT2D eigenvalue weighted by Gasteiger charge is 2.17. The van der Waals surface area contributed by atoms with E-state index in [1.54, 1.807) is 0 Å². The molecule has 1 rings (SSSR count). The number of hydrogen-bond donors (Lipinski definition) is 2. The average Bonchev–Trinajstić information content (AvgIpc) is 2.41. The zero-order valence-corrected chi connectivity index (χ0v) is 12.1. The van der Waals surface area contributed by atoms with Gasteiger partial charge in [0, 0.05) is 18.8 Å². The van der Waals surface area contributed by atoms with E-state index in [0.717, 1.165) is 24.1 Å². The summed E-state index contributed by atoms with van der Waals surface area (Å²) < 4.78 is 0. The molecular weight excluding hydrogens is 256 g/mol. The number of carboxylic acids is 1. The standard InChI is InChI=1S/C15H22N2O3/c1-3-4-10-16-15(20)17(11-9-14(18)19)13-8-6-5-7-12(13)2/h5-8H,3-4,9-11H2,1-2H3,(H,16,20)(H,18,19). The summed E-state index contributed by atoms with van der Waals surface area (Å²) in [7, 11) is 0. The van der Waals surface area contributed by atoms with Gasteiger partial charge in [0.1, 0.15) is 0 Å². The van der Waals surface area contributed by atoms with E-state index in [4.69, 9.17) is 5.11 Å². The number of rotatable bonds is 7. The van der Waals surface area contributed by atoms with Gasteiger partial charge in [-0.15, -0.1) is 0 Å². The lowest BCUT2D eigenvalue weighted by Crippen LogP contribution is -2.42. The number of nitrogens with zero attached hydrogens (tertiary/aromatic N) is 1. The van der Waals surface area contributed by atoms with Crippen LogP contribution in [0, 0.1) is 6.92 Å². The highest BCUT2D eigenvalue weighted by atomic mass is 16.4. The second-order valence-corrected chi connectivity index (χ2v) is 4.67. The second kappa shape index (κ2) is 8.19. The van der Waals surface area contributed by atoms with Crippen LogP contribution < -0.4 is 10.2 Å². The van der Waals surface area contributed by atoms with Gasteiger partial charge >= 0.3 is 12.0 Å². The molecule has 0 aromatic heterocycles. The van der Waals surface area contributed by atoms with Crippen LogP contribution in [0.4, 0.5) is 10.5 Å². The van der Waals surface area contributed by atoms with Gasteiger partial charge in [0.2, 0.25) is 0 Å². The van der Waals surface area contributed by atoms with Gasteiger partial charge in [-0.1, -0.05) is 31.5 Å². The summed E-state index contributed by atoms with van der Waals surface area (Å²) in [6.07, 6.45) is 1.83. The van der Waals surface area contributed by atoms with Crippen molar-refractivity contribution in [2.45, 2.75) is 33.1 Å². The van der Waals surface area contributed by atoms with Gasteiger partial charge in [-0.05, 0) is 25.0 Å². The van der Waals surface area contributed by atoms with Crippen molar-refractivity contribution in [1.82, 2.24) is 5.32 Å². The normalized spacial score (nSPS) is 10.1. The number of amides is 2. The molecule has 5 heteroatoms. The Bertz CT molecular complexity index is 460. The summed E-state index contributed by atoms with van der Waals surface area (Å²) in [5, 5.41) is 11.6. The fourth-order valence-corrected chi connectivity index (χ4v) is 1.87. The number of unbranched alkanes of at least 4 members (excludes halogenated alkanes) is 1. The van der Waals surface area contributed by atoms with Gasteiger partial charge in [-0.2, -0.15) is 0 Å². The maximum Gasteiger partial charge on any atom is 0.321 e. The molecule has 0 saturated heterocycles. The topological polar surface area (TPSA) is 69.6 Å². The molecule has 0 aliphatic carbocycles. The lowest BCUT2D eigenvalue weighted by molar-refractivity contribution is -0.136. The first kappa shape index (κ1) is 16.0. The number of urea groups is 1. The molecule has 0 unspecified atom stereocenters. The lowest BCUT2D eigenvalue weighted by Gasteiger charge is -2.24. The molecule has 0 spiro atoms. The average molecular weight is 278 g/mol. The molecule has 2 amide bonds. The predicted octanol–water partition coefficient (Wildman–Crippen LogP) is 2.79. The first-order chi connectivity index (χ1) is 9.56. The van der Waals surface area contributed by atoms with Crippen molar-refractivity contribution in [3.05, 3.63) is 29.8 Å². The summed E-state index contributed by atoms with van der Waals surface area (Å²) >= 11 is 0. The van der Waals surface area contributed by atoms with E-state index < -0.39 is 5.97 Å². The SMILES string of the molecule is CCCCNC(=O)N(CCC(=O)O)c1ccccc1C. The van der Waals surface area contributed by atoms with E-state index in [9.17, 15) is 9.59 Å². The van der Waals surface area contributed by atoms with Crippen molar-refractivity contribution in [1.29, 1.82) is 0 Å². The molecular formula is C15H22N2O3. The molecule has 0 fully saturated rings. The fraction of sp³-hybridized carbons (Fsp3) is 0.467. The lowest BCUT2D eigenvalue weighted by atomic mass is 10.2. The van der Waals surface area contributed by atoms with Gasteiger partial charge in [-0.3, -0.25) is 9.69 Å². The zero-order chi connectivity index (χ0) is 15.0. The van der Waals surface area contributed by atoms with Crippen LogP contribution in [0.25, 0.3) is 0 Å². The molecule has 5 nitrogen and oxygen atoms in total. The molecule has 0 saturated carbocycles. The third kappa shape index (κ3) is 4.91. The molecule has 0 aliphatic heterocycles. The van der Waals surface area contributed by atoms with E-state index in [2.05, 4.69) is 12.2 Å². The van der Waals surface area contributed by atoms with Gasteiger partial charge in [0.15, 0.2) is 0 Å². The number of para-hydroxylation sites is 1. The largest absolute Gasteiger partial charge is 0.481 e. The summed E-state index contributed by atoms with van der Waals surface area (Å²) in [4.78, 5) is 24.4. The molecule has 1 aromatic carbocycles. The van der Waals surface area contributed by atoms with Crippen molar-refractivity contribution in [3.8, 4) is 0 Å². The third-order valence-electron chi connectivity index (χ3n) is 3.01. The molecule has 0 heterocycles. The Labute approximate surface area is 119 Å². The Balaban J connectivity index is 2.82. The molecule has 110 valence electrons. The Morgan fingerprint density at radius 1 is 1.30 bits per heavy atom. The van der Waals surface area contributed by atoms with Gasteiger partial charge < -0.3 is 10.4 Å². The smallest absolute Gasteiger partial charge is 0.321 e. The van der Waals surface area contributed by atoms with Crippen LogP contribution in [0.3, 0.4) is 0 Å². The minimum absolute atomic E-state index is 0.0739. The van der Waals surface area contributed by atoms with Crippen LogP contribution in [0.2, 0.25) is 0 Å². The van der Waals surface area contributed by atoms with E-state index in [1.165, 1.54) is 4.90 Å². The van der Waals surface area contributed by atoms with E-state index in [0.29, 0.717) is 6.54 Å². The summed E-state index contributed by atoms with van der Waals surface area (Å²) in [5.41, 5.74) is 1.70. The number of nitrogens with one attached hydrogen (secondary N) is 1. The Kier molecular flexibility index (Phi) is 6.56. The van der Waals surface area contributed by atoms with Gasteiger partial charge in [-0.25, -0.2) is 4.79 Å². The zero-order valence-electron chi connectivity index (χ0n) is 12.1. The fourth-order valence-electron chi connectivity index (χ4n) is 1.87. The highest BCUT2D eigenvalue weighted by molar-refractivity contribution is 5.93. The molecule has 0 radical (unpaired) electrons. The number of hydrogen-bond acceptors (Lipinski definition) is 2.